The Labute approximate surface area is 143 Å². The average Bonchev–Trinajstić information content (AvgIpc) is 2.57. The lowest BCUT2D eigenvalue weighted by atomic mass is 9.77. The topological polar surface area (TPSA) is 83.3 Å². The number of piperidine rings is 1. The Morgan fingerprint density at radius 1 is 1.33 bits per heavy atom. The van der Waals surface area contributed by atoms with Crippen LogP contribution >= 0.6 is 0 Å². The van der Waals surface area contributed by atoms with Gasteiger partial charge in [0, 0.05) is 12.5 Å². The third-order valence-corrected chi connectivity index (χ3v) is 4.31. The Morgan fingerprint density at radius 2 is 2.08 bits per heavy atom. The van der Waals surface area contributed by atoms with E-state index in [-0.39, 0.29) is 12.0 Å². The van der Waals surface area contributed by atoms with E-state index in [9.17, 15) is 5.11 Å². The van der Waals surface area contributed by atoms with Crippen LogP contribution in [0.25, 0.3) is 0 Å². The molecule has 1 aliphatic rings. The second-order valence-electron chi connectivity index (χ2n) is 6.42. The summed E-state index contributed by atoms with van der Waals surface area (Å²) in [6.07, 6.45) is 2.19. The first kappa shape index (κ1) is 18.9. The number of benzene rings is 1. The van der Waals surface area contributed by atoms with Crippen LogP contribution in [0.5, 0.6) is 0 Å². The monoisotopic (exact) mass is 336 g/mol. The van der Waals surface area contributed by atoms with Crippen molar-refractivity contribution in [1.29, 1.82) is 0 Å². The van der Waals surface area contributed by atoms with Crippen LogP contribution in [0.1, 0.15) is 31.4 Å². The van der Waals surface area contributed by atoms with Gasteiger partial charge in [-0.2, -0.15) is 0 Å². The van der Waals surface area contributed by atoms with Gasteiger partial charge in [0.15, 0.2) is 0 Å². The van der Waals surface area contributed by atoms with Gasteiger partial charge in [0.1, 0.15) is 0 Å². The molecule has 134 valence electrons. The fourth-order valence-electron chi connectivity index (χ4n) is 2.93. The average molecular weight is 336 g/mol. The maximum Gasteiger partial charge on any atom is 0.0999 e. The van der Waals surface area contributed by atoms with E-state index in [0.29, 0.717) is 32.8 Å². The number of hydrogen-bond donors (Lipinski definition) is 3. The number of nitrogens with one attached hydrogen (secondary N) is 1. The van der Waals surface area contributed by atoms with E-state index in [0.717, 1.165) is 17.7 Å². The van der Waals surface area contributed by atoms with Gasteiger partial charge in [0.2, 0.25) is 0 Å². The van der Waals surface area contributed by atoms with Crippen molar-refractivity contribution < 1.29 is 19.8 Å². The Bertz CT molecular complexity index is 518. The summed E-state index contributed by atoms with van der Waals surface area (Å²) in [6.45, 7) is 6.98. The van der Waals surface area contributed by atoms with Crippen LogP contribution in [0.3, 0.4) is 0 Å². The molecule has 0 radical (unpaired) electrons. The number of ether oxygens (including phenoxy) is 2. The molecule has 1 saturated heterocycles. The second-order valence-corrected chi connectivity index (χ2v) is 6.42. The maximum atomic E-state index is 11.0. The van der Waals surface area contributed by atoms with Gasteiger partial charge in [-0.25, -0.2) is 0 Å². The molecule has 1 aromatic carbocycles. The number of rotatable bonds is 8. The summed E-state index contributed by atoms with van der Waals surface area (Å²) in [4.78, 5) is 0. The fraction of sp³-hybridized carbons (Fsp3) is 0.611. The maximum absolute atomic E-state index is 11.0. The highest BCUT2D eigenvalue weighted by molar-refractivity contribution is 5.63. The van der Waals surface area contributed by atoms with E-state index in [1.807, 2.05) is 38.1 Å². The molecule has 0 saturated carbocycles. The van der Waals surface area contributed by atoms with Crippen LogP contribution in [0.15, 0.2) is 29.4 Å². The van der Waals surface area contributed by atoms with Crippen molar-refractivity contribution in [3.8, 4) is 0 Å². The Morgan fingerprint density at radius 3 is 2.75 bits per heavy atom. The van der Waals surface area contributed by atoms with Crippen LogP contribution in [-0.4, -0.2) is 48.9 Å². The second kappa shape index (κ2) is 9.13. The summed E-state index contributed by atoms with van der Waals surface area (Å²) in [5.41, 5.74) is 0.871. The fourth-order valence-corrected chi connectivity index (χ4v) is 2.93. The van der Waals surface area contributed by atoms with Crippen LogP contribution in [0.2, 0.25) is 0 Å². The predicted molar refractivity (Wildman–Crippen MR) is 92.3 cm³/mol. The van der Waals surface area contributed by atoms with Gasteiger partial charge in [-0.3, -0.25) is 0 Å². The Hall–Kier alpha value is -1.47. The van der Waals surface area contributed by atoms with Gasteiger partial charge in [0.05, 0.1) is 37.7 Å². The summed E-state index contributed by atoms with van der Waals surface area (Å²) in [5, 5.41) is 26.2. The molecular weight excluding hydrogens is 308 g/mol. The zero-order valence-electron chi connectivity index (χ0n) is 14.4. The van der Waals surface area contributed by atoms with Crippen LogP contribution in [0, 0.1) is 5.92 Å². The van der Waals surface area contributed by atoms with Gasteiger partial charge >= 0.3 is 0 Å². The van der Waals surface area contributed by atoms with Gasteiger partial charge < -0.3 is 25.1 Å². The van der Waals surface area contributed by atoms with E-state index in [1.54, 1.807) is 0 Å². The van der Waals surface area contributed by atoms with Gasteiger partial charge in [-0.15, -0.1) is 5.16 Å². The molecule has 1 aliphatic heterocycles. The number of hydrogen-bond acceptors (Lipinski definition) is 6. The van der Waals surface area contributed by atoms with E-state index in [4.69, 9.17) is 14.7 Å². The lowest BCUT2D eigenvalue weighted by Gasteiger charge is -2.38. The zero-order chi connectivity index (χ0) is 17.4. The molecule has 0 spiro atoms. The van der Waals surface area contributed by atoms with Crippen molar-refractivity contribution >= 4 is 6.21 Å². The van der Waals surface area contributed by atoms with Crippen molar-refractivity contribution in [2.45, 2.75) is 38.6 Å². The summed E-state index contributed by atoms with van der Waals surface area (Å²) in [5.74, 6) is -0.258. The molecule has 2 atom stereocenters. The molecular formula is C18H28N2O4. The van der Waals surface area contributed by atoms with Crippen molar-refractivity contribution in [1.82, 2.24) is 5.32 Å². The highest BCUT2D eigenvalue weighted by atomic mass is 16.5. The molecule has 0 amide bonds. The normalized spacial score (nSPS) is 24.8. The van der Waals surface area contributed by atoms with Gasteiger partial charge in [-0.1, -0.05) is 24.3 Å². The third-order valence-electron chi connectivity index (χ3n) is 4.31. The predicted octanol–water partition coefficient (Wildman–Crippen LogP) is 1.89. The van der Waals surface area contributed by atoms with Crippen molar-refractivity contribution in [3.05, 3.63) is 35.4 Å². The molecule has 2 rings (SSSR count). The molecule has 3 N–H and O–H groups in total. The zero-order valence-corrected chi connectivity index (χ0v) is 14.4. The minimum atomic E-state index is -1.01. The Balaban J connectivity index is 1.93. The molecule has 0 aromatic heterocycles. The van der Waals surface area contributed by atoms with Crippen LogP contribution in [-0.2, 0) is 21.7 Å². The molecule has 0 bridgehead atoms. The quantitative estimate of drug-likeness (QED) is 0.292. The number of oxime groups is 1. The largest absolute Gasteiger partial charge is 0.411 e. The lowest BCUT2D eigenvalue weighted by molar-refractivity contribution is -0.0196. The minimum Gasteiger partial charge on any atom is -0.411 e. The van der Waals surface area contributed by atoms with Gasteiger partial charge in [-0.05, 0) is 37.9 Å². The minimum absolute atomic E-state index is 0.217. The van der Waals surface area contributed by atoms with Crippen molar-refractivity contribution in [3.63, 3.8) is 0 Å². The molecule has 1 heterocycles. The van der Waals surface area contributed by atoms with E-state index in [1.165, 1.54) is 6.21 Å². The summed E-state index contributed by atoms with van der Waals surface area (Å²) >= 11 is 0. The number of nitrogens with zero attached hydrogens (tertiary/aromatic N) is 1. The highest BCUT2D eigenvalue weighted by Gasteiger charge is 2.39. The lowest BCUT2D eigenvalue weighted by Crippen LogP contribution is -2.48. The summed E-state index contributed by atoms with van der Waals surface area (Å²) < 4.78 is 11.0. The first-order valence-electron chi connectivity index (χ1n) is 8.45. The molecule has 6 nitrogen and oxygen atoms in total. The van der Waals surface area contributed by atoms with E-state index < -0.39 is 5.60 Å². The van der Waals surface area contributed by atoms with Gasteiger partial charge in [0.25, 0.3) is 0 Å². The third kappa shape index (κ3) is 5.01. The molecule has 1 aromatic rings. The summed E-state index contributed by atoms with van der Waals surface area (Å²) in [6, 6.07) is 7.78. The summed E-state index contributed by atoms with van der Waals surface area (Å²) in [7, 11) is 0. The van der Waals surface area contributed by atoms with Crippen molar-refractivity contribution in [2.24, 2.45) is 11.1 Å². The molecule has 24 heavy (non-hydrogen) atoms. The van der Waals surface area contributed by atoms with E-state index >= 15 is 0 Å². The first-order chi connectivity index (χ1) is 11.6. The standard InChI is InChI=1S/C18H28N2O4/c1-14(2)24-10-9-23-13-15-3-5-16(6-4-15)18(21)7-8-19-11-17(18)12-20-22/h3-6,12,14,17,19,21-22H,7-11,13H2,1-2H3. The van der Waals surface area contributed by atoms with Crippen LogP contribution in [0.4, 0.5) is 0 Å². The smallest absolute Gasteiger partial charge is 0.0999 e. The Kier molecular flexibility index (Phi) is 7.17. The van der Waals surface area contributed by atoms with E-state index in [2.05, 4.69) is 10.5 Å². The molecule has 2 unspecified atom stereocenters. The first-order valence-corrected chi connectivity index (χ1v) is 8.45. The molecule has 6 heteroatoms. The highest BCUT2D eigenvalue weighted by Crippen LogP contribution is 2.34. The van der Waals surface area contributed by atoms with Crippen LogP contribution < -0.4 is 5.32 Å². The SMILES string of the molecule is CC(C)OCCOCc1ccc(C2(O)CCNCC2C=NO)cc1. The molecule has 1 fully saturated rings. The number of aliphatic hydroxyl groups is 1. The molecule has 0 aliphatic carbocycles. The van der Waals surface area contributed by atoms with Crippen molar-refractivity contribution in [2.75, 3.05) is 26.3 Å².